The second kappa shape index (κ2) is 8.22. The van der Waals surface area contributed by atoms with E-state index in [1.807, 2.05) is 24.3 Å². The number of hydrogen-bond acceptors (Lipinski definition) is 0. The van der Waals surface area contributed by atoms with Crippen molar-refractivity contribution >= 4 is 31.4 Å². The van der Waals surface area contributed by atoms with E-state index in [-0.39, 0.29) is 5.82 Å². The third kappa shape index (κ3) is 4.06. The molecule has 4 aromatic carbocycles. The van der Waals surface area contributed by atoms with Gasteiger partial charge in [0.05, 0.1) is 0 Å². The molecule has 0 spiro atoms. The summed E-state index contributed by atoms with van der Waals surface area (Å²) in [5, 5.41) is -0.368. The van der Waals surface area contributed by atoms with Gasteiger partial charge in [0.25, 0.3) is 0 Å². The van der Waals surface area contributed by atoms with Crippen LogP contribution in [0.1, 0.15) is 11.1 Å². The first kappa shape index (κ1) is 20.0. The van der Waals surface area contributed by atoms with Crippen LogP contribution in [0.4, 0.5) is 4.39 Å². The molecular formula is C26H23BrFP. The Bertz CT molecular complexity index is 1040. The minimum absolute atomic E-state index is 0.194. The van der Waals surface area contributed by atoms with Gasteiger partial charge in [0, 0.05) is 0 Å². The first-order chi connectivity index (χ1) is 14.1. The molecule has 0 aliphatic heterocycles. The summed E-state index contributed by atoms with van der Waals surface area (Å²) < 4.78 is 14.1. The van der Waals surface area contributed by atoms with Gasteiger partial charge < -0.3 is 0 Å². The first-order valence-electron chi connectivity index (χ1n) is 9.70. The average Bonchev–Trinajstić information content (AvgIpc) is 2.76. The molecule has 4 aromatic rings. The molecule has 0 saturated carbocycles. The van der Waals surface area contributed by atoms with Gasteiger partial charge in [-0.15, -0.1) is 0 Å². The number of halogens is 2. The van der Waals surface area contributed by atoms with Crippen LogP contribution in [0.2, 0.25) is 0 Å². The second-order valence-corrected chi connectivity index (χ2v) is 17.0. The van der Waals surface area contributed by atoms with Crippen molar-refractivity contribution in [1.82, 2.24) is 0 Å². The van der Waals surface area contributed by atoms with Crippen LogP contribution in [0.15, 0.2) is 115 Å². The Morgan fingerprint density at radius 1 is 0.552 bits per heavy atom. The second-order valence-electron chi connectivity index (χ2n) is 7.48. The summed E-state index contributed by atoms with van der Waals surface area (Å²) in [6, 6.07) is 38.9. The van der Waals surface area contributed by atoms with Crippen molar-refractivity contribution in [2.24, 2.45) is 0 Å². The molecule has 0 N–H and O–H groups in total. The molecule has 0 bridgehead atoms. The summed E-state index contributed by atoms with van der Waals surface area (Å²) in [4.78, 5) is 0. The third-order valence-corrected chi connectivity index (χ3v) is 14.4. The van der Waals surface area contributed by atoms with Gasteiger partial charge in [-0.05, 0) is 0 Å². The molecule has 0 nitrogen and oxygen atoms in total. The minimum atomic E-state index is -2.92. The van der Waals surface area contributed by atoms with E-state index in [1.165, 1.54) is 22.2 Å². The number of hydrogen-bond donors (Lipinski definition) is 0. The van der Waals surface area contributed by atoms with Crippen molar-refractivity contribution in [1.29, 1.82) is 0 Å². The molecule has 146 valence electrons. The molecule has 0 radical (unpaired) electrons. The molecule has 0 fully saturated rings. The Labute approximate surface area is 180 Å². The van der Waals surface area contributed by atoms with Crippen LogP contribution in [-0.4, -0.2) is 0 Å². The van der Waals surface area contributed by atoms with E-state index in [1.54, 1.807) is 12.1 Å². The predicted octanol–water partition coefficient (Wildman–Crippen LogP) is 7.04. The molecule has 0 aliphatic rings. The van der Waals surface area contributed by atoms with Crippen molar-refractivity contribution in [3.63, 3.8) is 0 Å². The van der Waals surface area contributed by atoms with E-state index in [9.17, 15) is 4.39 Å². The standard InChI is InChI=1S/C26H23BrFP/c27-29(25-15-6-2-7-16-25,26-17-8-3-9-18-26,20-22-11-4-1-5-12-22)21-23-13-10-14-24(28)19-23/h1-19H,20-21H2. The Morgan fingerprint density at radius 2 is 1.00 bits per heavy atom. The molecule has 3 heteroatoms. The monoisotopic (exact) mass is 464 g/mol. The van der Waals surface area contributed by atoms with Gasteiger partial charge in [-0.25, -0.2) is 0 Å². The molecule has 0 aromatic heterocycles. The van der Waals surface area contributed by atoms with Gasteiger partial charge >= 0.3 is 180 Å². The summed E-state index contributed by atoms with van der Waals surface area (Å²) >= 11 is 4.42. The van der Waals surface area contributed by atoms with Gasteiger partial charge in [0.2, 0.25) is 0 Å². The molecule has 0 saturated heterocycles. The van der Waals surface area contributed by atoms with E-state index >= 15 is 0 Å². The quantitative estimate of drug-likeness (QED) is 0.268. The van der Waals surface area contributed by atoms with Crippen LogP contribution in [0.3, 0.4) is 0 Å². The fourth-order valence-corrected chi connectivity index (χ4v) is 12.0. The maximum atomic E-state index is 14.1. The molecule has 4 rings (SSSR count). The van der Waals surface area contributed by atoms with Crippen molar-refractivity contribution in [3.8, 4) is 0 Å². The summed E-state index contributed by atoms with van der Waals surface area (Å²) in [5.74, 6) is -0.194. The summed E-state index contributed by atoms with van der Waals surface area (Å²) in [5.41, 5.74) is 2.27. The van der Waals surface area contributed by atoms with Crippen molar-refractivity contribution in [2.75, 3.05) is 0 Å². The van der Waals surface area contributed by atoms with Crippen molar-refractivity contribution < 1.29 is 4.39 Å². The van der Waals surface area contributed by atoms with Gasteiger partial charge in [-0.2, -0.15) is 0 Å². The van der Waals surface area contributed by atoms with Gasteiger partial charge in [0.15, 0.2) is 0 Å². The van der Waals surface area contributed by atoms with Gasteiger partial charge in [-0.3, -0.25) is 0 Å². The summed E-state index contributed by atoms with van der Waals surface area (Å²) in [6.07, 6.45) is 1.60. The zero-order chi connectivity index (χ0) is 20.2. The van der Waals surface area contributed by atoms with E-state index in [0.29, 0.717) is 0 Å². The fourth-order valence-electron chi connectivity index (χ4n) is 4.09. The third-order valence-electron chi connectivity index (χ3n) is 5.45. The number of benzene rings is 4. The Kier molecular flexibility index (Phi) is 5.67. The van der Waals surface area contributed by atoms with E-state index < -0.39 is 5.31 Å². The molecule has 0 atom stereocenters. The maximum absolute atomic E-state index is 14.1. The van der Waals surface area contributed by atoms with E-state index in [4.69, 9.17) is 0 Å². The fraction of sp³-hybridized carbons (Fsp3) is 0.0769. The molecule has 0 unspecified atom stereocenters. The SMILES string of the molecule is Fc1cccc(CP(Br)(Cc2ccccc2)(c2ccccc2)c2ccccc2)c1. The van der Waals surface area contributed by atoms with E-state index in [0.717, 1.165) is 17.9 Å². The van der Waals surface area contributed by atoms with Crippen LogP contribution >= 0.6 is 20.8 Å². The van der Waals surface area contributed by atoms with Gasteiger partial charge in [-0.1, -0.05) is 0 Å². The summed E-state index contributed by atoms with van der Waals surface area (Å²) in [6.45, 7) is 0. The van der Waals surface area contributed by atoms with Crippen LogP contribution in [0.5, 0.6) is 0 Å². The Morgan fingerprint density at radius 3 is 1.52 bits per heavy atom. The van der Waals surface area contributed by atoms with Crippen LogP contribution < -0.4 is 10.6 Å². The topological polar surface area (TPSA) is 0 Å². The van der Waals surface area contributed by atoms with Crippen LogP contribution in [-0.2, 0) is 12.3 Å². The van der Waals surface area contributed by atoms with Crippen molar-refractivity contribution in [3.05, 3.63) is 132 Å². The van der Waals surface area contributed by atoms with Gasteiger partial charge in [0.1, 0.15) is 0 Å². The van der Waals surface area contributed by atoms with Crippen LogP contribution in [0, 0.1) is 5.82 Å². The predicted molar refractivity (Wildman–Crippen MR) is 128 cm³/mol. The Hall–Kier alpha value is -2.28. The average molecular weight is 465 g/mol. The zero-order valence-electron chi connectivity index (χ0n) is 16.1. The Balaban J connectivity index is 1.99. The van der Waals surface area contributed by atoms with Crippen LogP contribution in [0.25, 0.3) is 0 Å². The summed E-state index contributed by atoms with van der Waals surface area (Å²) in [7, 11) is 0. The van der Waals surface area contributed by atoms with E-state index in [2.05, 4.69) is 88.3 Å². The molecular weight excluding hydrogens is 442 g/mol. The normalized spacial score (nSPS) is 12.8. The molecule has 0 heterocycles. The number of rotatable bonds is 6. The first-order valence-corrected chi connectivity index (χ1v) is 14.3. The zero-order valence-corrected chi connectivity index (χ0v) is 18.6. The molecule has 29 heavy (non-hydrogen) atoms. The molecule has 0 aliphatic carbocycles. The molecule has 0 amide bonds. The van der Waals surface area contributed by atoms with Crippen molar-refractivity contribution in [2.45, 2.75) is 12.3 Å².